The van der Waals surface area contributed by atoms with Gasteiger partial charge in [0.15, 0.2) is 11.6 Å². The second-order valence-corrected chi connectivity index (χ2v) is 9.08. The van der Waals surface area contributed by atoms with Crippen molar-refractivity contribution in [2.45, 2.75) is 18.7 Å². The zero-order chi connectivity index (χ0) is 20.4. The molecule has 1 aromatic heterocycles. The van der Waals surface area contributed by atoms with Crippen molar-refractivity contribution < 1.29 is 13.3 Å². The number of anilines is 2. The standard InChI is InChI=1S/C21H25N5O2S/c1-3-25-12-14-26(15-13-25)21-20(22-18-6-4-5-7-19(18)23-21)24-29(27,28)17-10-8-16(2)9-11-17/h4-11H,3,12-15H2,1-2H3,(H,22,24)/p+1. The maximum Gasteiger partial charge on any atom is 0.263 e. The summed E-state index contributed by atoms with van der Waals surface area (Å²) in [5.41, 5.74) is 2.42. The quantitative estimate of drug-likeness (QED) is 0.663. The Morgan fingerprint density at radius 1 is 1.00 bits per heavy atom. The molecular formula is C21H26N5O2S+. The van der Waals surface area contributed by atoms with Crippen molar-refractivity contribution >= 4 is 32.7 Å². The van der Waals surface area contributed by atoms with E-state index in [1.807, 2.05) is 31.2 Å². The first kappa shape index (κ1) is 19.6. The summed E-state index contributed by atoms with van der Waals surface area (Å²) in [6.07, 6.45) is 0. The van der Waals surface area contributed by atoms with Crippen LogP contribution in [0.3, 0.4) is 0 Å². The van der Waals surface area contributed by atoms with Crippen LogP contribution in [-0.2, 0) is 10.0 Å². The number of hydrogen-bond acceptors (Lipinski definition) is 5. The van der Waals surface area contributed by atoms with Crippen LogP contribution in [0.25, 0.3) is 11.0 Å². The molecule has 152 valence electrons. The van der Waals surface area contributed by atoms with E-state index in [-0.39, 0.29) is 10.7 Å². The predicted molar refractivity (Wildman–Crippen MR) is 115 cm³/mol. The van der Waals surface area contributed by atoms with Crippen LogP contribution in [0.5, 0.6) is 0 Å². The summed E-state index contributed by atoms with van der Waals surface area (Å²) in [5.74, 6) is 0.874. The fourth-order valence-electron chi connectivity index (χ4n) is 3.57. The highest BCUT2D eigenvalue weighted by Gasteiger charge is 2.25. The minimum absolute atomic E-state index is 0.212. The molecule has 2 aromatic carbocycles. The average Bonchev–Trinajstić information content (AvgIpc) is 2.73. The van der Waals surface area contributed by atoms with E-state index in [2.05, 4.69) is 21.5 Å². The molecule has 7 nitrogen and oxygen atoms in total. The normalized spacial score (nSPS) is 15.6. The van der Waals surface area contributed by atoms with Crippen LogP contribution in [-0.4, -0.2) is 51.1 Å². The van der Waals surface area contributed by atoms with Crippen molar-refractivity contribution in [1.82, 2.24) is 9.97 Å². The Hall–Kier alpha value is -2.71. The van der Waals surface area contributed by atoms with Gasteiger partial charge in [0.2, 0.25) is 0 Å². The molecule has 0 radical (unpaired) electrons. The van der Waals surface area contributed by atoms with Crippen LogP contribution in [0.1, 0.15) is 12.5 Å². The summed E-state index contributed by atoms with van der Waals surface area (Å²) in [7, 11) is -3.76. The van der Waals surface area contributed by atoms with E-state index in [0.717, 1.165) is 43.8 Å². The Balaban J connectivity index is 1.73. The molecule has 2 N–H and O–H groups in total. The highest BCUT2D eigenvalue weighted by Crippen LogP contribution is 2.27. The lowest BCUT2D eigenvalue weighted by Gasteiger charge is -2.33. The van der Waals surface area contributed by atoms with E-state index < -0.39 is 10.0 Å². The molecule has 1 saturated heterocycles. The second-order valence-electron chi connectivity index (χ2n) is 7.39. The predicted octanol–water partition coefficient (Wildman–Crippen LogP) is 1.46. The number of piperazine rings is 1. The van der Waals surface area contributed by atoms with Crippen LogP contribution < -0.4 is 14.5 Å². The number of nitrogens with zero attached hydrogens (tertiary/aromatic N) is 3. The molecule has 0 saturated carbocycles. The molecule has 1 fully saturated rings. The van der Waals surface area contributed by atoms with Gasteiger partial charge in [0.1, 0.15) is 0 Å². The minimum atomic E-state index is -3.76. The van der Waals surface area contributed by atoms with Crippen molar-refractivity contribution in [2.75, 3.05) is 42.3 Å². The molecule has 0 aliphatic carbocycles. The molecule has 0 amide bonds. The summed E-state index contributed by atoms with van der Waals surface area (Å²) in [6.45, 7) is 8.82. The Morgan fingerprint density at radius 3 is 2.24 bits per heavy atom. The molecule has 0 atom stereocenters. The maximum atomic E-state index is 13.0. The van der Waals surface area contributed by atoms with Crippen molar-refractivity contribution in [3.63, 3.8) is 0 Å². The SMILES string of the molecule is CC[NH+]1CCN(c2nc3ccccc3nc2NS(=O)(=O)c2ccc(C)cc2)CC1. The molecule has 8 heteroatoms. The van der Waals surface area contributed by atoms with Crippen LogP contribution >= 0.6 is 0 Å². The van der Waals surface area contributed by atoms with Gasteiger partial charge in [0.05, 0.1) is 48.7 Å². The fourth-order valence-corrected chi connectivity index (χ4v) is 4.58. The Kier molecular flexibility index (Phi) is 5.38. The average molecular weight is 413 g/mol. The van der Waals surface area contributed by atoms with Crippen LogP contribution in [0.2, 0.25) is 0 Å². The van der Waals surface area contributed by atoms with Gasteiger partial charge in [-0.15, -0.1) is 0 Å². The summed E-state index contributed by atoms with van der Waals surface area (Å²) in [6, 6.07) is 14.3. The van der Waals surface area contributed by atoms with Crippen LogP contribution in [0.4, 0.5) is 11.6 Å². The highest BCUT2D eigenvalue weighted by atomic mass is 32.2. The number of aromatic nitrogens is 2. The van der Waals surface area contributed by atoms with Gasteiger partial charge >= 0.3 is 0 Å². The van der Waals surface area contributed by atoms with Crippen molar-refractivity contribution in [2.24, 2.45) is 0 Å². The van der Waals surface area contributed by atoms with Gasteiger partial charge in [-0.25, -0.2) is 18.4 Å². The third-order valence-electron chi connectivity index (χ3n) is 5.38. The number of nitrogens with one attached hydrogen (secondary N) is 2. The molecule has 1 aliphatic heterocycles. The molecule has 2 heterocycles. The number of sulfonamides is 1. The highest BCUT2D eigenvalue weighted by molar-refractivity contribution is 7.92. The zero-order valence-corrected chi connectivity index (χ0v) is 17.5. The van der Waals surface area contributed by atoms with Gasteiger partial charge in [0.25, 0.3) is 10.0 Å². The molecule has 0 spiro atoms. The number of fused-ring (bicyclic) bond motifs is 1. The topological polar surface area (TPSA) is 79.6 Å². The Bertz CT molecular complexity index is 1110. The first-order valence-corrected chi connectivity index (χ1v) is 11.4. The number of rotatable bonds is 5. The molecule has 29 heavy (non-hydrogen) atoms. The van der Waals surface area contributed by atoms with Crippen LogP contribution in [0, 0.1) is 6.92 Å². The monoisotopic (exact) mass is 412 g/mol. The summed E-state index contributed by atoms with van der Waals surface area (Å²) < 4.78 is 28.6. The van der Waals surface area contributed by atoms with Gasteiger partial charge in [-0.1, -0.05) is 29.8 Å². The van der Waals surface area contributed by atoms with E-state index in [1.165, 1.54) is 4.90 Å². The summed E-state index contributed by atoms with van der Waals surface area (Å²) in [5, 5.41) is 0. The third kappa shape index (κ3) is 4.18. The summed E-state index contributed by atoms with van der Waals surface area (Å²) in [4.78, 5) is 13.3. The van der Waals surface area contributed by atoms with E-state index in [1.54, 1.807) is 24.3 Å². The minimum Gasteiger partial charge on any atom is -0.342 e. The summed E-state index contributed by atoms with van der Waals surface area (Å²) >= 11 is 0. The first-order valence-electron chi connectivity index (χ1n) is 9.91. The van der Waals surface area contributed by atoms with Gasteiger partial charge in [0, 0.05) is 0 Å². The molecule has 4 rings (SSSR count). The smallest absolute Gasteiger partial charge is 0.263 e. The number of aryl methyl sites for hydroxylation is 1. The lowest BCUT2D eigenvalue weighted by Crippen LogP contribution is -3.14. The number of likely N-dealkylation sites (N-methyl/N-ethyl adjacent to an activating group) is 1. The van der Waals surface area contributed by atoms with E-state index in [4.69, 9.17) is 4.98 Å². The lowest BCUT2D eigenvalue weighted by molar-refractivity contribution is -0.898. The number of benzene rings is 2. The third-order valence-corrected chi connectivity index (χ3v) is 6.74. The van der Waals surface area contributed by atoms with Gasteiger partial charge in [-0.05, 0) is 38.1 Å². The van der Waals surface area contributed by atoms with E-state index >= 15 is 0 Å². The van der Waals surface area contributed by atoms with E-state index in [9.17, 15) is 8.42 Å². The number of quaternary nitrogens is 1. The number of para-hydroxylation sites is 2. The van der Waals surface area contributed by atoms with Crippen molar-refractivity contribution in [3.05, 3.63) is 54.1 Å². The Morgan fingerprint density at radius 2 is 1.62 bits per heavy atom. The van der Waals surface area contributed by atoms with Gasteiger partial charge < -0.3 is 9.80 Å². The van der Waals surface area contributed by atoms with Gasteiger partial charge in [-0.2, -0.15) is 0 Å². The Labute approximate surface area is 171 Å². The molecule has 0 unspecified atom stereocenters. The zero-order valence-electron chi connectivity index (χ0n) is 16.7. The van der Waals surface area contributed by atoms with Crippen molar-refractivity contribution in [3.8, 4) is 0 Å². The fraction of sp³-hybridized carbons (Fsp3) is 0.333. The maximum absolute atomic E-state index is 13.0. The van der Waals surface area contributed by atoms with E-state index in [0.29, 0.717) is 11.3 Å². The molecule has 0 bridgehead atoms. The van der Waals surface area contributed by atoms with Crippen molar-refractivity contribution in [1.29, 1.82) is 0 Å². The van der Waals surface area contributed by atoms with Crippen LogP contribution in [0.15, 0.2) is 53.4 Å². The lowest BCUT2D eigenvalue weighted by atomic mass is 10.2. The van der Waals surface area contributed by atoms with Gasteiger partial charge in [-0.3, -0.25) is 4.72 Å². The molecule has 1 aliphatic rings. The first-order chi connectivity index (χ1) is 14.0. The second kappa shape index (κ2) is 7.96. The number of hydrogen-bond donors (Lipinski definition) is 2. The largest absolute Gasteiger partial charge is 0.342 e. The molecule has 3 aromatic rings. The molecular weight excluding hydrogens is 386 g/mol.